The van der Waals surface area contributed by atoms with Gasteiger partial charge in [0.05, 0.1) is 10.8 Å². The number of isothiocyanates is 1. The van der Waals surface area contributed by atoms with E-state index in [1.165, 1.54) is 5.56 Å². The second-order valence-corrected chi connectivity index (χ2v) is 4.78. The molecular weight excluding hydrogens is 306 g/mol. The minimum Gasteiger partial charge on any atom is -0.195 e. The Morgan fingerprint density at radius 3 is 1.89 bits per heavy atom. The van der Waals surface area contributed by atoms with Crippen molar-refractivity contribution in [3.63, 3.8) is 0 Å². The molecule has 0 atom stereocenters. The summed E-state index contributed by atoms with van der Waals surface area (Å²) in [5.74, 6) is 0. The minimum atomic E-state index is 0.825. The fourth-order valence-electron chi connectivity index (χ4n) is 1.48. The summed E-state index contributed by atoms with van der Waals surface area (Å²) in [7, 11) is 0. The molecule has 0 amide bonds. The third kappa shape index (κ3) is 3.74. The van der Waals surface area contributed by atoms with Gasteiger partial charge in [-0.3, -0.25) is 0 Å². The first-order valence-corrected chi connectivity index (χ1v) is 6.59. The topological polar surface area (TPSA) is 12.4 Å². The van der Waals surface area contributed by atoms with Gasteiger partial charge in [0.2, 0.25) is 0 Å². The van der Waals surface area contributed by atoms with Crippen LogP contribution in [0.3, 0.4) is 0 Å². The maximum Gasteiger partial charge on any atom is 0.0739 e. The van der Waals surface area contributed by atoms with Crippen molar-refractivity contribution in [3.8, 4) is 0 Å². The van der Waals surface area contributed by atoms with Crippen molar-refractivity contribution in [2.75, 3.05) is 0 Å². The summed E-state index contributed by atoms with van der Waals surface area (Å²) in [4.78, 5) is 3.91. The van der Waals surface area contributed by atoms with Crippen LogP contribution in [0.2, 0.25) is 0 Å². The van der Waals surface area contributed by atoms with Crippen molar-refractivity contribution in [2.45, 2.75) is 0 Å². The molecule has 88 valence electrons. The van der Waals surface area contributed by atoms with Gasteiger partial charge < -0.3 is 0 Å². The van der Waals surface area contributed by atoms with E-state index in [1.54, 1.807) is 0 Å². The Morgan fingerprint density at radius 1 is 0.889 bits per heavy atom. The summed E-state index contributed by atoms with van der Waals surface area (Å²) < 4.78 is 1.09. The van der Waals surface area contributed by atoms with Gasteiger partial charge in [-0.25, -0.2) is 0 Å². The molecular formula is C15H10BrNS. The molecule has 2 aromatic rings. The van der Waals surface area contributed by atoms with Crippen LogP contribution in [0.1, 0.15) is 11.1 Å². The number of benzene rings is 2. The molecule has 0 bridgehead atoms. The molecule has 0 saturated carbocycles. The zero-order valence-electron chi connectivity index (χ0n) is 9.51. The van der Waals surface area contributed by atoms with Gasteiger partial charge in [0.25, 0.3) is 0 Å². The molecule has 18 heavy (non-hydrogen) atoms. The maximum absolute atomic E-state index is 4.56. The Bertz CT molecular complexity index is 593. The fraction of sp³-hybridized carbons (Fsp3) is 0. The minimum absolute atomic E-state index is 0.825. The molecule has 0 aliphatic heterocycles. The molecule has 3 heteroatoms. The number of nitrogens with zero attached hydrogens (tertiary/aromatic N) is 1. The molecule has 2 aromatic carbocycles. The first-order chi connectivity index (χ1) is 8.78. The van der Waals surface area contributed by atoms with E-state index in [-0.39, 0.29) is 0 Å². The van der Waals surface area contributed by atoms with Crippen molar-refractivity contribution >= 4 is 51.1 Å². The SMILES string of the molecule is S=C=Nc1ccc(C=Cc2ccc(Br)cc2)cc1. The summed E-state index contributed by atoms with van der Waals surface area (Å²) in [5.41, 5.74) is 3.12. The van der Waals surface area contributed by atoms with Crippen molar-refractivity contribution in [3.05, 3.63) is 64.1 Å². The van der Waals surface area contributed by atoms with Crippen LogP contribution < -0.4 is 0 Å². The van der Waals surface area contributed by atoms with E-state index in [1.807, 2.05) is 36.4 Å². The predicted octanol–water partition coefficient (Wildman–Crippen LogP) is 5.35. The molecule has 0 aromatic heterocycles. The number of thiocarbonyl (C=S) groups is 1. The van der Waals surface area contributed by atoms with Gasteiger partial charge in [-0.05, 0) is 47.6 Å². The third-order valence-corrected chi connectivity index (χ3v) is 3.03. The Balaban J connectivity index is 2.13. The van der Waals surface area contributed by atoms with Crippen LogP contribution in [-0.2, 0) is 0 Å². The van der Waals surface area contributed by atoms with E-state index in [0.29, 0.717) is 0 Å². The normalized spacial score (nSPS) is 10.3. The predicted molar refractivity (Wildman–Crippen MR) is 84.2 cm³/mol. The Hall–Kier alpha value is -1.54. The van der Waals surface area contributed by atoms with Crippen molar-refractivity contribution < 1.29 is 0 Å². The standard InChI is InChI=1S/C15H10BrNS/c16-14-7-3-12(4-8-14)1-2-13-5-9-15(10-6-13)17-11-18/h1-10H. The van der Waals surface area contributed by atoms with Crippen LogP contribution in [0.4, 0.5) is 5.69 Å². The smallest absolute Gasteiger partial charge is 0.0739 e. The van der Waals surface area contributed by atoms with Crippen LogP contribution in [0.25, 0.3) is 12.2 Å². The van der Waals surface area contributed by atoms with Gasteiger partial charge in [0.1, 0.15) is 0 Å². The monoisotopic (exact) mass is 315 g/mol. The lowest BCUT2D eigenvalue weighted by atomic mass is 10.1. The Kier molecular flexibility index (Phi) is 4.59. The number of hydrogen-bond donors (Lipinski definition) is 0. The Morgan fingerprint density at radius 2 is 1.39 bits per heavy atom. The summed E-state index contributed by atoms with van der Waals surface area (Å²) in [6, 6.07) is 16.0. The van der Waals surface area contributed by atoms with Crippen LogP contribution in [0.5, 0.6) is 0 Å². The molecule has 2 rings (SSSR count). The summed E-state index contributed by atoms with van der Waals surface area (Å²) in [6.07, 6.45) is 4.14. The van der Waals surface area contributed by atoms with Gasteiger partial charge >= 0.3 is 0 Å². The van der Waals surface area contributed by atoms with Gasteiger partial charge in [0.15, 0.2) is 0 Å². The lowest BCUT2D eigenvalue weighted by Crippen LogP contribution is -1.73. The van der Waals surface area contributed by atoms with Crippen LogP contribution in [-0.4, -0.2) is 5.16 Å². The fourth-order valence-corrected chi connectivity index (χ4v) is 1.85. The van der Waals surface area contributed by atoms with E-state index in [2.05, 4.69) is 62.6 Å². The molecule has 0 fully saturated rings. The Labute approximate surface area is 120 Å². The molecule has 0 unspecified atom stereocenters. The van der Waals surface area contributed by atoms with Crippen molar-refractivity contribution in [1.29, 1.82) is 0 Å². The highest BCUT2D eigenvalue weighted by molar-refractivity contribution is 9.10. The number of halogens is 1. The highest BCUT2D eigenvalue weighted by atomic mass is 79.9. The average molecular weight is 316 g/mol. The van der Waals surface area contributed by atoms with Crippen molar-refractivity contribution in [1.82, 2.24) is 0 Å². The van der Waals surface area contributed by atoms with Crippen LogP contribution in [0, 0.1) is 0 Å². The van der Waals surface area contributed by atoms with Gasteiger partial charge in [-0.1, -0.05) is 52.3 Å². The van der Waals surface area contributed by atoms with E-state index in [0.717, 1.165) is 15.7 Å². The van der Waals surface area contributed by atoms with E-state index >= 15 is 0 Å². The number of rotatable bonds is 3. The average Bonchev–Trinajstić information content (AvgIpc) is 2.40. The number of hydrogen-bond acceptors (Lipinski definition) is 2. The lowest BCUT2D eigenvalue weighted by Gasteiger charge is -1.96. The quantitative estimate of drug-likeness (QED) is 0.422. The zero-order chi connectivity index (χ0) is 12.8. The summed E-state index contributed by atoms with van der Waals surface area (Å²) in [5, 5.41) is 2.35. The molecule has 0 radical (unpaired) electrons. The van der Waals surface area contributed by atoms with E-state index in [4.69, 9.17) is 0 Å². The van der Waals surface area contributed by atoms with Crippen molar-refractivity contribution in [2.24, 2.45) is 4.99 Å². The number of aliphatic imine (C=N–C) groups is 1. The highest BCUT2D eigenvalue weighted by Gasteiger charge is 1.90. The van der Waals surface area contributed by atoms with E-state index < -0.39 is 0 Å². The second-order valence-electron chi connectivity index (χ2n) is 3.68. The summed E-state index contributed by atoms with van der Waals surface area (Å²) >= 11 is 7.97. The van der Waals surface area contributed by atoms with E-state index in [9.17, 15) is 0 Å². The highest BCUT2D eigenvalue weighted by Crippen LogP contribution is 2.16. The largest absolute Gasteiger partial charge is 0.195 e. The molecule has 0 N–H and O–H groups in total. The first kappa shape index (κ1) is 12.9. The molecule has 0 heterocycles. The zero-order valence-corrected chi connectivity index (χ0v) is 11.9. The lowest BCUT2D eigenvalue weighted by molar-refractivity contribution is 1.54. The van der Waals surface area contributed by atoms with Gasteiger partial charge in [0, 0.05) is 4.47 Å². The second kappa shape index (κ2) is 6.41. The van der Waals surface area contributed by atoms with Gasteiger partial charge in [-0.15, -0.1) is 0 Å². The first-order valence-electron chi connectivity index (χ1n) is 5.39. The van der Waals surface area contributed by atoms with Crippen LogP contribution in [0.15, 0.2) is 58.0 Å². The third-order valence-electron chi connectivity index (χ3n) is 2.41. The van der Waals surface area contributed by atoms with Crippen LogP contribution >= 0.6 is 28.1 Å². The molecule has 1 nitrogen and oxygen atoms in total. The molecule has 0 aliphatic rings. The van der Waals surface area contributed by atoms with Gasteiger partial charge in [-0.2, -0.15) is 4.99 Å². The molecule has 0 aliphatic carbocycles. The molecule has 0 spiro atoms. The maximum atomic E-state index is 4.56. The summed E-state index contributed by atoms with van der Waals surface area (Å²) in [6.45, 7) is 0. The molecule has 0 saturated heterocycles.